The summed E-state index contributed by atoms with van der Waals surface area (Å²) in [7, 11) is 4.33. The van der Waals surface area contributed by atoms with Gasteiger partial charge in [0.2, 0.25) is 0 Å². The van der Waals surface area contributed by atoms with Gasteiger partial charge in [0.15, 0.2) is 11.6 Å². The number of carbonyl (C=O) groups is 2. The number of piperazine rings is 1. The molecule has 1 saturated heterocycles. The highest BCUT2D eigenvalue weighted by Crippen LogP contribution is 2.16. The van der Waals surface area contributed by atoms with Crippen LogP contribution in [-0.2, 0) is 9.59 Å². The summed E-state index contributed by atoms with van der Waals surface area (Å²) < 4.78 is 1.70. The van der Waals surface area contributed by atoms with E-state index in [1.54, 1.807) is 0 Å². The molecule has 0 N–H and O–H groups in total. The van der Waals surface area contributed by atoms with E-state index in [-0.39, 0.29) is 14.9 Å². The van der Waals surface area contributed by atoms with Crippen LogP contribution in [-0.4, -0.2) is 73.9 Å². The Morgan fingerprint density at radius 1 is 0.750 bits per heavy atom. The first-order valence-electron chi connectivity index (χ1n) is 7.03. The number of hydrogen-bond donors (Lipinski definition) is 0. The van der Waals surface area contributed by atoms with Gasteiger partial charge in [0.05, 0.1) is 14.1 Å². The van der Waals surface area contributed by atoms with Crippen molar-refractivity contribution in [2.45, 2.75) is 26.7 Å². The molecule has 0 atom stereocenters. The van der Waals surface area contributed by atoms with Crippen LogP contribution < -0.4 is 0 Å². The third kappa shape index (κ3) is 6.14. The van der Waals surface area contributed by atoms with Gasteiger partial charge in [-0.1, -0.05) is 13.8 Å². The molecule has 120 valence electrons. The Bertz CT molecular complexity index is 286. The Morgan fingerprint density at radius 2 is 1.00 bits per heavy atom. The van der Waals surface area contributed by atoms with Crippen LogP contribution in [0.2, 0.25) is 0 Å². The van der Waals surface area contributed by atoms with Gasteiger partial charge in [-0.3, -0.25) is 9.59 Å². The molecule has 1 aliphatic heterocycles. The van der Waals surface area contributed by atoms with E-state index in [4.69, 9.17) is 0 Å². The molecule has 1 fully saturated rings. The van der Waals surface area contributed by atoms with Crippen LogP contribution in [0.5, 0.6) is 0 Å². The summed E-state index contributed by atoms with van der Waals surface area (Å²) in [4.78, 5) is 23.2. The van der Waals surface area contributed by atoms with E-state index in [2.05, 4.69) is 14.1 Å². The fourth-order valence-electron chi connectivity index (χ4n) is 2.58. The molecule has 0 aromatic heterocycles. The molecule has 0 aromatic carbocycles. The zero-order valence-electron chi connectivity index (χ0n) is 14.4. The average Bonchev–Trinajstić information content (AvgIpc) is 2.33. The number of rotatable bonds is 6. The fourth-order valence-corrected chi connectivity index (χ4v) is 2.58. The molecule has 20 heavy (non-hydrogen) atoms. The lowest BCUT2D eigenvalue weighted by atomic mass is 10.1. The summed E-state index contributed by atoms with van der Waals surface area (Å²) in [6.07, 6.45) is 1.27. The Kier molecular flexibility index (Phi) is 9.19. The predicted molar refractivity (Wildman–Crippen MR) is 85.0 cm³/mol. The minimum Gasteiger partial charge on any atom is -0.358 e. The average molecular weight is 286 g/mol. The number of quaternary nitrogens is 2. The third-order valence-corrected chi connectivity index (χ3v) is 4.26. The van der Waals surface area contributed by atoms with E-state index in [0.717, 1.165) is 35.1 Å². The first-order valence-corrected chi connectivity index (χ1v) is 7.03. The summed E-state index contributed by atoms with van der Waals surface area (Å²) >= 11 is 0. The zero-order chi connectivity index (χ0) is 13.8. The molecule has 0 amide bonds. The van der Waals surface area contributed by atoms with Crippen molar-refractivity contribution in [1.29, 1.82) is 0 Å². The van der Waals surface area contributed by atoms with Crippen molar-refractivity contribution >= 4 is 11.6 Å². The number of carbonyl (C=O) groups excluding carboxylic acids is 2. The summed E-state index contributed by atoms with van der Waals surface area (Å²) in [5.41, 5.74) is 0. The number of nitrogens with zero attached hydrogens (tertiary/aromatic N) is 2. The maximum atomic E-state index is 11.6. The highest BCUT2D eigenvalue weighted by Gasteiger charge is 2.38. The molecule has 0 aromatic rings. The van der Waals surface area contributed by atoms with E-state index in [9.17, 15) is 9.59 Å². The topological polar surface area (TPSA) is 34.1 Å². The summed E-state index contributed by atoms with van der Waals surface area (Å²) in [5, 5.41) is 0. The Balaban J connectivity index is 0. The standard InChI is InChI=1S/C14H28N2O2.2CH3/c1-5-13(17)11-15(3)7-9-16(4,10-8-15)12-14(18)6-2;;/h5-12H2,1-4H3;2*1H3/q+2;2*-1. The van der Waals surface area contributed by atoms with E-state index in [1.807, 2.05) is 13.8 Å². The second kappa shape index (κ2) is 8.53. The molecule has 0 unspecified atom stereocenters. The van der Waals surface area contributed by atoms with Gasteiger partial charge >= 0.3 is 0 Å². The van der Waals surface area contributed by atoms with Crippen molar-refractivity contribution in [3.8, 4) is 0 Å². The van der Waals surface area contributed by atoms with Gasteiger partial charge in [0.25, 0.3) is 0 Å². The van der Waals surface area contributed by atoms with Gasteiger partial charge in [-0.2, -0.15) is 0 Å². The highest BCUT2D eigenvalue weighted by atomic mass is 16.1. The molecule has 4 heteroatoms. The van der Waals surface area contributed by atoms with Crippen molar-refractivity contribution in [2.75, 3.05) is 53.4 Å². The molecule has 4 nitrogen and oxygen atoms in total. The van der Waals surface area contributed by atoms with Crippen LogP contribution in [0, 0.1) is 14.9 Å². The molecule has 1 heterocycles. The SMILES string of the molecule is CCC(=O)C[N+]1(C)CC[N+](C)(CC(=O)CC)CC1.[CH3-].[CH3-]. The summed E-state index contributed by atoms with van der Waals surface area (Å²) in [6, 6.07) is 0. The molecule has 1 aliphatic rings. The van der Waals surface area contributed by atoms with Gasteiger partial charge < -0.3 is 23.8 Å². The van der Waals surface area contributed by atoms with Gasteiger partial charge in [-0.05, 0) is 0 Å². The van der Waals surface area contributed by atoms with E-state index in [0.29, 0.717) is 37.5 Å². The number of hydrogen-bond acceptors (Lipinski definition) is 2. The molecule has 0 aliphatic carbocycles. The second-order valence-corrected chi connectivity index (χ2v) is 6.23. The largest absolute Gasteiger partial charge is 0.358 e. The van der Waals surface area contributed by atoms with Crippen LogP contribution >= 0.6 is 0 Å². The normalized spacial score (nSPS) is 29.0. The lowest BCUT2D eigenvalue weighted by Crippen LogP contribution is -2.65. The van der Waals surface area contributed by atoms with Crippen molar-refractivity contribution in [2.24, 2.45) is 0 Å². The van der Waals surface area contributed by atoms with Crippen molar-refractivity contribution in [3.63, 3.8) is 0 Å². The van der Waals surface area contributed by atoms with Gasteiger partial charge in [0, 0.05) is 12.8 Å². The van der Waals surface area contributed by atoms with Crippen LogP contribution in [0.25, 0.3) is 0 Å². The quantitative estimate of drug-likeness (QED) is 0.551. The Hall–Kier alpha value is -0.740. The maximum Gasteiger partial charge on any atom is 0.186 e. The maximum absolute atomic E-state index is 11.6. The monoisotopic (exact) mass is 286 g/mol. The molecule has 1 rings (SSSR count). The van der Waals surface area contributed by atoms with Crippen LogP contribution in [0.1, 0.15) is 26.7 Å². The summed E-state index contributed by atoms with van der Waals surface area (Å²) in [6.45, 7) is 9.16. The number of Topliss-reactive ketones (excluding diaryl/α,β-unsaturated/α-hetero) is 2. The first kappa shape index (κ1) is 21.6. The summed E-state index contributed by atoms with van der Waals surface area (Å²) in [5.74, 6) is 0.691. The predicted octanol–water partition coefficient (Wildman–Crippen LogP) is 1.75. The zero-order valence-corrected chi connectivity index (χ0v) is 14.4. The van der Waals surface area contributed by atoms with Gasteiger partial charge in [0.1, 0.15) is 39.3 Å². The van der Waals surface area contributed by atoms with Crippen LogP contribution in [0.4, 0.5) is 0 Å². The molecular formula is C16H34N2O2. The van der Waals surface area contributed by atoms with E-state index >= 15 is 0 Å². The highest BCUT2D eigenvalue weighted by molar-refractivity contribution is 5.79. The fraction of sp³-hybridized carbons (Fsp3) is 0.750. The van der Waals surface area contributed by atoms with Gasteiger partial charge in [-0.15, -0.1) is 0 Å². The lowest BCUT2D eigenvalue weighted by Gasteiger charge is -2.45. The lowest BCUT2D eigenvalue weighted by molar-refractivity contribution is -1.01. The number of ketones is 2. The van der Waals surface area contributed by atoms with Crippen molar-refractivity contribution in [3.05, 3.63) is 14.9 Å². The molecule has 0 bridgehead atoms. The molecule has 0 radical (unpaired) electrons. The second-order valence-electron chi connectivity index (χ2n) is 6.23. The van der Waals surface area contributed by atoms with Crippen molar-refractivity contribution in [1.82, 2.24) is 0 Å². The van der Waals surface area contributed by atoms with Crippen LogP contribution in [0.15, 0.2) is 0 Å². The van der Waals surface area contributed by atoms with E-state index < -0.39 is 0 Å². The van der Waals surface area contributed by atoms with Crippen LogP contribution in [0.3, 0.4) is 0 Å². The third-order valence-electron chi connectivity index (χ3n) is 4.26. The van der Waals surface area contributed by atoms with Crippen molar-refractivity contribution < 1.29 is 18.6 Å². The molecular weight excluding hydrogens is 252 g/mol. The Labute approximate surface area is 125 Å². The van der Waals surface area contributed by atoms with E-state index in [1.165, 1.54) is 0 Å². The minimum absolute atomic E-state index is 0. The molecule has 0 spiro atoms. The molecule has 0 saturated carbocycles. The van der Waals surface area contributed by atoms with Gasteiger partial charge in [-0.25, -0.2) is 0 Å². The first-order chi connectivity index (χ1) is 8.32. The Morgan fingerprint density at radius 3 is 1.20 bits per heavy atom. The smallest absolute Gasteiger partial charge is 0.186 e. The number of likely N-dealkylation sites (N-methyl/N-ethyl adjacent to an activating group) is 2. The minimum atomic E-state index is 0.